The lowest BCUT2D eigenvalue weighted by Gasteiger charge is -2.21. The number of nitrogens with one attached hydrogen (secondary N) is 1. The summed E-state index contributed by atoms with van der Waals surface area (Å²) in [5.74, 6) is 0. The van der Waals surface area contributed by atoms with Crippen LogP contribution in [0.4, 0.5) is 31.1 Å². The van der Waals surface area contributed by atoms with E-state index >= 15 is 0 Å². The molecule has 9 heteroatoms. The first-order valence-electron chi connectivity index (χ1n) is 6.24. The highest BCUT2D eigenvalue weighted by atomic mass is 19.4. The number of rotatable bonds is 1. The fourth-order valence-corrected chi connectivity index (χ4v) is 2.28. The number of hydrogen-bond donors (Lipinski definition) is 1. The molecule has 22 heavy (non-hydrogen) atoms. The average Bonchev–Trinajstić information content (AvgIpc) is 2.64. The Hall–Kier alpha value is -1.93. The Labute approximate surface area is 121 Å². The van der Waals surface area contributed by atoms with Crippen molar-refractivity contribution in [2.75, 3.05) is 7.05 Å². The molecule has 1 saturated heterocycles. The Kier molecular flexibility index (Phi) is 3.78. The van der Waals surface area contributed by atoms with Gasteiger partial charge in [-0.3, -0.25) is 0 Å². The molecule has 1 aromatic rings. The normalized spacial score (nSPS) is 22.9. The van der Waals surface area contributed by atoms with Gasteiger partial charge < -0.3 is 10.2 Å². The van der Waals surface area contributed by atoms with Crippen LogP contribution in [0, 0.1) is 0 Å². The van der Waals surface area contributed by atoms with E-state index < -0.39 is 41.6 Å². The number of hydrogen-bond acceptors (Lipinski definition) is 1. The highest BCUT2D eigenvalue weighted by molar-refractivity contribution is 5.77. The zero-order chi connectivity index (χ0) is 16.9. The molecule has 1 aliphatic rings. The van der Waals surface area contributed by atoms with E-state index in [1.807, 2.05) is 0 Å². The quantitative estimate of drug-likeness (QED) is 0.782. The molecule has 0 unspecified atom stereocenters. The summed E-state index contributed by atoms with van der Waals surface area (Å²) in [7, 11) is 1.41. The molecule has 2 atom stereocenters. The number of urea groups is 1. The molecule has 122 valence electrons. The van der Waals surface area contributed by atoms with Gasteiger partial charge in [0.15, 0.2) is 0 Å². The van der Waals surface area contributed by atoms with Crippen molar-refractivity contribution in [2.45, 2.75) is 31.4 Å². The maximum Gasteiger partial charge on any atom is 0.416 e. The van der Waals surface area contributed by atoms with Crippen molar-refractivity contribution >= 4 is 6.03 Å². The highest BCUT2D eigenvalue weighted by Crippen LogP contribution is 2.38. The van der Waals surface area contributed by atoms with Crippen LogP contribution in [0.1, 0.15) is 29.7 Å². The topological polar surface area (TPSA) is 32.3 Å². The highest BCUT2D eigenvalue weighted by Gasteiger charge is 2.40. The van der Waals surface area contributed by atoms with Gasteiger partial charge in [0.2, 0.25) is 0 Å². The van der Waals surface area contributed by atoms with Crippen molar-refractivity contribution in [2.24, 2.45) is 0 Å². The third-order valence-electron chi connectivity index (χ3n) is 3.66. The van der Waals surface area contributed by atoms with Crippen molar-refractivity contribution < 1.29 is 31.1 Å². The van der Waals surface area contributed by atoms with Crippen LogP contribution in [0.5, 0.6) is 0 Å². The molecule has 1 aliphatic heterocycles. The van der Waals surface area contributed by atoms with E-state index in [0.29, 0.717) is 12.1 Å². The summed E-state index contributed by atoms with van der Waals surface area (Å²) >= 11 is 0. The summed E-state index contributed by atoms with van der Waals surface area (Å²) < 4.78 is 76.9. The first kappa shape index (κ1) is 16.4. The van der Waals surface area contributed by atoms with Crippen LogP contribution >= 0.6 is 0 Å². The van der Waals surface area contributed by atoms with Crippen molar-refractivity contribution in [3.05, 3.63) is 34.9 Å². The zero-order valence-electron chi connectivity index (χ0n) is 11.5. The van der Waals surface area contributed by atoms with Crippen LogP contribution in [0.2, 0.25) is 0 Å². The standard InChI is InChI=1S/C13H12F6N2O/c1-6-10(20-11(22)21(6)2)7-3-8(12(14,15)16)5-9(4-7)13(17,18)19/h3-6,10H,1-2H3,(H,20,22)/t6-,10-/m0/s1. The van der Waals surface area contributed by atoms with E-state index in [4.69, 9.17) is 0 Å². The van der Waals surface area contributed by atoms with Crippen LogP contribution in [-0.2, 0) is 12.4 Å². The van der Waals surface area contributed by atoms with E-state index in [1.54, 1.807) is 0 Å². The van der Waals surface area contributed by atoms with E-state index in [0.717, 1.165) is 0 Å². The molecule has 2 rings (SSSR count). The first-order chi connectivity index (χ1) is 9.91. The molecule has 0 spiro atoms. The predicted octanol–water partition coefficient (Wildman–Crippen LogP) is 3.81. The molecule has 1 heterocycles. The van der Waals surface area contributed by atoms with Gasteiger partial charge in [-0.1, -0.05) is 0 Å². The average molecular weight is 326 g/mol. The van der Waals surface area contributed by atoms with E-state index in [9.17, 15) is 31.1 Å². The SMILES string of the molecule is C[C@H]1[C@@H](c2cc(C(F)(F)F)cc(C(F)(F)F)c2)NC(=O)N1C. The van der Waals surface area contributed by atoms with Gasteiger partial charge in [0.05, 0.1) is 23.2 Å². The molecular weight excluding hydrogens is 314 g/mol. The number of carbonyl (C=O) groups excluding carboxylic acids is 1. The fraction of sp³-hybridized carbons (Fsp3) is 0.462. The first-order valence-corrected chi connectivity index (χ1v) is 6.24. The largest absolute Gasteiger partial charge is 0.416 e. The van der Waals surface area contributed by atoms with Gasteiger partial charge in [-0.15, -0.1) is 0 Å². The minimum absolute atomic E-state index is 0.0641. The van der Waals surface area contributed by atoms with Gasteiger partial charge in [0, 0.05) is 7.05 Å². The van der Waals surface area contributed by atoms with Gasteiger partial charge in [0.25, 0.3) is 0 Å². The van der Waals surface area contributed by atoms with Crippen LogP contribution < -0.4 is 5.32 Å². The fourth-order valence-electron chi connectivity index (χ4n) is 2.28. The summed E-state index contributed by atoms with van der Waals surface area (Å²) in [6.45, 7) is 1.54. The lowest BCUT2D eigenvalue weighted by Crippen LogP contribution is -2.27. The summed E-state index contributed by atoms with van der Waals surface area (Å²) in [4.78, 5) is 12.7. The second-order valence-electron chi connectivity index (χ2n) is 5.12. The van der Waals surface area contributed by atoms with Gasteiger partial charge in [-0.2, -0.15) is 26.3 Å². The Bertz CT molecular complexity index is 563. The molecule has 0 saturated carbocycles. The van der Waals surface area contributed by atoms with Gasteiger partial charge >= 0.3 is 18.4 Å². The third-order valence-corrected chi connectivity index (χ3v) is 3.66. The Morgan fingerprint density at radius 1 is 1.00 bits per heavy atom. The molecule has 0 aromatic heterocycles. The lowest BCUT2D eigenvalue weighted by molar-refractivity contribution is -0.143. The molecule has 2 amide bonds. The number of likely N-dealkylation sites (N-methyl/N-ethyl adjacent to an activating group) is 1. The van der Waals surface area contributed by atoms with Crippen LogP contribution in [-0.4, -0.2) is 24.0 Å². The number of amides is 2. The second-order valence-corrected chi connectivity index (χ2v) is 5.12. The number of carbonyl (C=O) groups is 1. The Morgan fingerprint density at radius 3 is 1.77 bits per heavy atom. The molecule has 0 radical (unpaired) electrons. The zero-order valence-corrected chi connectivity index (χ0v) is 11.5. The van der Waals surface area contributed by atoms with Gasteiger partial charge in [0.1, 0.15) is 0 Å². The summed E-state index contributed by atoms with van der Waals surface area (Å²) in [5, 5.41) is 2.38. The molecule has 1 N–H and O–H groups in total. The monoisotopic (exact) mass is 326 g/mol. The Morgan fingerprint density at radius 2 is 1.45 bits per heavy atom. The number of benzene rings is 1. The summed E-state index contributed by atoms with van der Waals surface area (Å²) in [5.41, 5.74) is -3.02. The van der Waals surface area contributed by atoms with Crippen LogP contribution in [0.25, 0.3) is 0 Å². The van der Waals surface area contributed by atoms with Crippen LogP contribution in [0.15, 0.2) is 18.2 Å². The molecule has 1 aromatic carbocycles. The smallest absolute Gasteiger partial charge is 0.329 e. The maximum absolute atomic E-state index is 12.8. The second kappa shape index (κ2) is 5.06. The van der Waals surface area contributed by atoms with Crippen molar-refractivity contribution in [3.8, 4) is 0 Å². The number of alkyl halides is 6. The Balaban J connectivity index is 2.54. The van der Waals surface area contributed by atoms with Crippen molar-refractivity contribution in [1.82, 2.24) is 10.2 Å². The molecule has 0 bridgehead atoms. The minimum atomic E-state index is -4.91. The molecule has 0 aliphatic carbocycles. The molecule has 3 nitrogen and oxygen atoms in total. The molecule has 1 fully saturated rings. The lowest BCUT2D eigenvalue weighted by atomic mass is 9.96. The van der Waals surface area contributed by atoms with Crippen molar-refractivity contribution in [1.29, 1.82) is 0 Å². The number of halogens is 6. The molecular formula is C13H12F6N2O. The summed E-state index contributed by atoms with van der Waals surface area (Å²) in [6.07, 6.45) is -9.82. The van der Waals surface area contributed by atoms with Gasteiger partial charge in [-0.25, -0.2) is 4.79 Å². The van der Waals surface area contributed by atoms with Crippen LogP contribution in [0.3, 0.4) is 0 Å². The van der Waals surface area contributed by atoms with E-state index in [1.165, 1.54) is 18.9 Å². The van der Waals surface area contributed by atoms with E-state index in [-0.39, 0.29) is 11.6 Å². The third kappa shape index (κ3) is 2.97. The summed E-state index contributed by atoms with van der Waals surface area (Å²) in [6, 6.07) is -0.734. The van der Waals surface area contributed by atoms with Gasteiger partial charge in [-0.05, 0) is 30.7 Å². The minimum Gasteiger partial charge on any atom is -0.329 e. The number of nitrogens with zero attached hydrogens (tertiary/aromatic N) is 1. The predicted molar refractivity (Wildman–Crippen MR) is 64.9 cm³/mol. The maximum atomic E-state index is 12.8. The van der Waals surface area contributed by atoms with Crippen molar-refractivity contribution in [3.63, 3.8) is 0 Å². The van der Waals surface area contributed by atoms with E-state index in [2.05, 4.69) is 5.32 Å².